The number of carbonyl (C=O) groups excluding carboxylic acids is 2. The normalized spacial score (nSPS) is 11.6. The van der Waals surface area contributed by atoms with Crippen molar-refractivity contribution in [1.29, 1.82) is 0 Å². The number of carboxylic acid groups (broad SMARTS) is 1. The van der Waals surface area contributed by atoms with E-state index in [1.807, 2.05) is 0 Å². The van der Waals surface area contributed by atoms with E-state index in [-0.39, 0.29) is 12.8 Å². The highest BCUT2D eigenvalue weighted by atomic mass is 32.1. The summed E-state index contributed by atoms with van der Waals surface area (Å²) in [7, 11) is 1.22. The van der Waals surface area contributed by atoms with Crippen molar-refractivity contribution in [2.24, 2.45) is 0 Å². The van der Waals surface area contributed by atoms with Crippen LogP contribution in [0, 0.1) is 0 Å². The van der Waals surface area contributed by atoms with Crippen LogP contribution >= 0.6 is 11.3 Å². The molecule has 0 saturated carbocycles. The van der Waals surface area contributed by atoms with Crippen LogP contribution in [0.25, 0.3) is 0 Å². The Balaban J connectivity index is 2.55. The van der Waals surface area contributed by atoms with Gasteiger partial charge in [0.2, 0.25) is 0 Å². The Morgan fingerprint density at radius 2 is 2.28 bits per heavy atom. The Morgan fingerprint density at radius 1 is 1.56 bits per heavy atom. The molecule has 1 rings (SSSR count). The summed E-state index contributed by atoms with van der Waals surface area (Å²) >= 11 is 1.11. The van der Waals surface area contributed by atoms with Crippen LogP contribution in [-0.4, -0.2) is 41.1 Å². The molecule has 0 aliphatic carbocycles. The molecular formula is C10H12N2O5S. The number of nitrogens with zero attached hydrogens (tertiary/aromatic N) is 1. The lowest BCUT2D eigenvalue weighted by Crippen LogP contribution is -2.40. The van der Waals surface area contributed by atoms with Gasteiger partial charge in [0.15, 0.2) is 0 Å². The Kier molecular flexibility index (Phi) is 5.25. The molecule has 1 amide bonds. The molecule has 2 N–H and O–H groups in total. The fraction of sp³-hybridized carbons (Fsp3) is 0.400. The zero-order valence-electron chi connectivity index (χ0n) is 9.58. The summed E-state index contributed by atoms with van der Waals surface area (Å²) in [4.78, 5) is 37.5. The summed E-state index contributed by atoms with van der Waals surface area (Å²) < 4.78 is 4.41. The Hall–Kier alpha value is -1.96. The molecule has 0 fully saturated rings. The number of methoxy groups -OCH3 is 1. The van der Waals surface area contributed by atoms with Crippen molar-refractivity contribution in [2.75, 3.05) is 7.11 Å². The third-order valence-electron chi connectivity index (χ3n) is 2.12. The lowest BCUT2D eigenvalue weighted by atomic mass is 10.1. The van der Waals surface area contributed by atoms with Crippen LogP contribution in [0.5, 0.6) is 0 Å². The van der Waals surface area contributed by atoms with Crippen LogP contribution in [0.4, 0.5) is 0 Å². The molecule has 1 aromatic rings. The molecule has 0 aliphatic heterocycles. The van der Waals surface area contributed by atoms with Crippen molar-refractivity contribution >= 4 is 29.2 Å². The molecule has 98 valence electrons. The second kappa shape index (κ2) is 6.70. The van der Waals surface area contributed by atoms with E-state index in [9.17, 15) is 14.4 Å². The van der Waals surface area contributed by atoms with Gasteiger partial charge in [-0.2, -0.15) is 0 Å². The first kappa shape index (κ1) is 14.1. The minimum atomic E-state index is -1.20. The summed E-state index contributed by atoms with van der Waals surface area (Å²) in [5.41, 5.74) is 1.47. The molecule has 1 atom stereocenters. The molecule has 0 aliphatic rings. The maximum absolute atomic E-state index is 11.6. The number of hydrogen-bond donors (Lipinski definition) is 2. The molecule has 1 heterocycles. The number of nitrogens with one attached hydrogen (secondary N) is 1. The number of carbonyl (C=O) groups is 3. The average molecular weight is 272 g/mol. The number of rotatable bonds is 6. The highest BCUT2D eigenvalue weighted by molar-refractivity contribution is 7.11. The van der Waals surface area contributed by atoms with E-state index in [1.54, 1.807) is 0 Å². The average Bonchev–Trinajstić information content (AvgIpc) is 2.87. The van der Waals surface area contributed by atoms with Crippen molar-refractivity contribution in [3.63, 3.8) is 0 Å². The first-order valence-electron chi connectivity index (χ1n) is 5.03. The third-order valence-corrected chi connectivity index (χ3v) is 2.90. The Bertz CT molecular complexity index is 431. The summed E-state index contributed by atoms with van der Waals surface area (Å²) in [6, 6.07) is -1.13. The highest BCUT2D eigenvalue weighted by Crippen LogP contribution is 2.07. The van der Waals surface area contributed by atoms with Crippen LogP contribution in [-0.2, 0) is 14.3 Å². The summed E-state index contributed by atoms with van der Waals surface area (Å²) in [5, 5.41) is 11.2. The van der Waals surface area contributed by atoms with Crippen LogP contribution in [0.2, 0.25) is 0 Å². The fourth-order valence-electron chi connectivity index (χ4n) is 1.18. The van der Waals surface area contributed by atoms with Gasteiger partial charge in [0, 0.05) is 6.42 Å². The van der Waals surface area contributed by atoms with Gasteiger partial charge < -0.3 is 15.2 Å². The van der Waals surface area contributed by atoms with E-state index < -0.39 is 23.9 Å². The standard InChI is InChI=1S/C10H12N2O5S/c1-17-8(13)3-2-6(10(15)16)12-9(14)7-4-11-5-18-7/h4-6H,2-3H2,1H3,(H,12,14)(H,15,16)/t6-/m0/s1. The largest absolute Gasteiger partial charge is 0.480 e. The molecule has 0 aromatic carbocycles. The predicted molar refractivity (Wildman–Crippen MR) is 62.3 cm³/mol. The van der Waals surface area contributed by atoms with E-state index in [2.05, 4.69) is 15.0 Å². The van der Waals surface area contributed by atoms with E-state index in [1.165, 1.54) is 18.8 Å². The number of hydrogen-bond acceptors (Lipinski definition) is 6. The summed E-state index contributed by atoms with van der Waals surface area (Å²) in [6.45, 7) is 0. The van der Waals surface area contributed by atoms with Crippen LogP contribution < -0.4 is 5.32 Å². The second-order valence-corrected chi connectivity index (χ2v) is 4.23. The molecule has 7 nitrogen and oxygen atoms in total. The molecular weight excluding hydrogens is 260 g/mol. The number of ether oxygens (including phenoxy) is 1. The van der Waals surface area contributed by atoms with E-state index in [0.717, 1.165) is 11.3 Å². The van der Waals surface area contributed by atoms with Crippen molar-refractivity contribution < 1.29 is 24.2 Å². The lowest BCUT2D eigenvalue weighted by molar-refractivity contribution is -0.142. The zero-order chi connectivity index (χ0) is 13.5. The predicted octanol–water partition coefficient (Wildman–Crippen LogP) is 0.279. The van der Waals surface area contributed by atoms with Gasteiger partial charge in [-0.1, -0.05) is 0 Å². The molecule has 8 heteroatoms. The third kappa shape index (κ3) is 4.13. The van der Waals surface area contributed by atoms with Gasteiger partial charge in [-0.15, -0.1) is 11.3 Å². The van der Waals surface area contributed by atoms with Gasteiger partial charge in [0.25, 0.3) is 5.91 Å². The molecule has 0 spiro atoms. The number of amides is 1. The molecule has 1 aromatic heterocycles. The molecule has 0 unspecified atom stereocenters. The molecule has 0 radical (unpaired) electrons. The second-order valence-electron chi connectivity index (χ2n) is 3.34. The Labute approximate surface area is 107 Å². The van der Waals surface area contributed by atoms with Gasteiger partial charge in [-0.25, -0.2) is 4.79 Å². The number of carboxylic acids is 1. The van der Waals surface area contributed by atoms with Gasteiger partial charge in [0.05, 0.1) is 18.8 Å². The first-order chi connectivity index (χ1) is 8.54. The lowest BCUT2D eigenvalue weighted by Gasteiger charge is -2.12. The summed E-state index contributed by atoms with van der Waals surface area (Å²) in [5.74, 6) is -2.24. The number of esters is 1. The number of aliphatic carboxylic acids is 1. The highest BCUT2D eigenvalue weighted by Gasteiger charge is 2.22. The maximum atomic E-state index is 11.6. The SMILES string of the molecule is COC(=O)CC[C@H](NC(=O)c1cncs1)C(=O)O. The van der Waals surface area contributed by atoms with E-state index >= 15 is 0 Å². The number of thiazole rings is 1. The van der Waals surface area contributed by atoms with Crippen molar-refractivity contribution in [3.8, 4) is 0 Å². The van der Waals surface area contributed by atoms with Gasteiger partial charge >= 0.3 is 11.9 Å². The first-order valence-corrected chi connectivity index (χ1v) is 5.91. The van der Waals surface area contributed by atoms with Crippen LogP contribution in [0.1, 0.15) is 22.5 Å². The molecule has 0 bridgehead atoms. The van der Waals surface area contributed by atoms with E-state index in [0.29, 0.717) is 4.88 Å². The summed E-state index contributed by atoms with van der Waals surface area (Å²) in [6.07, 6.45) is 1.25. The van der Waals surface area contributed by atoms with Crippen LogP contribution in [0.15, 0.2) is 11.7 Å². The number of aromatic nitrogens is 1. The van der Waals surface area contributed by atoms with Gasteiger partial charge in [-0.05, 0) is 6.42 Å². The van der Waals surface area contributed by atoms with E-state index in [4.69, 9.17) is 5.11 Å². The van der Waals surface area contributed by atoms with Crippen molar-refractivity contribution in [3.05, 3.63) is 16.6 Å². The minimum Gasteiger partial charge on any atom is -0.480 e. The van der Waals surface area contributed by atoms with Gasteiger partial charge in [0.1, 0.15) is 10.9 Å². The van der Waals surface area contributed by atoms with Crippen LogP contribution in [0.3, 0.4) is 0 Å². The monoisotopic (exact) mass is 272 g/mol. The van der Waals surface area contributed by atoms with Crippen molar-refractivity contribution in [1.82, 2.24) is 10.3 Å². The fourth-order valence-corrected chi connectivity index (χ4v) is 1.70. The Morgan fingerprint density at radius 3 is 2.78 bits per heavy atom. The maximum Gasteiger partial charge on any atom is 0.326 e. The van der Waals surface area contributed by atoms with Gasteiger partial charge in [-0.3, -0.25) is 14.6 Å². The molecule has 18 heavy (non-hydrogen) atoms. The smallest absolute Gasteiger partial charge is 0.326 e. The minimum absolute atomic E-state index is 0.0213. The molecule has 0 saturated heterocycles. The van der Waals surface area contributed by atoms with Crippen molar-refractivity contribution in [2.45, 2.75) is 18.9 Å². The quantitative estimate of drug-likeness (QED) is 0.720. The zero-order valence-corrected chi connectivity index (χ0v) is 10.4. The topological polar surface area (TPSA) is 106 Å².